The molecular weight excluding hydrogens is 287 g/mol. The van der Waals surface area contributed by atoms with Crippen molar-refractivity contribution < 1.29 is 17.6 Å². The fourth-order valence-corrected chi connectivity index (χ4v) is 2.43. The summed E-state index contributed by atoms with van der Waals surface area (Å²) in [6.07, 6.45) is 2.36. The maximum absolute atomic E-state index is 13.4. The molecule has 106 valence electrons. The van der Waals surface area contributed by atoms with Crippen LogP contribution >= 0.6 is 0 Å². The first-order valence-corrected chi connectivity index (χ1v) is 6.95. The topological polar surface area (TPSA) is 104 Å². The summed E-state index contributed by atoms with van der Waals surface area (Å²) >= 11 is 0. The van der Waals surface area contributed by atoms with Crippen LogP contribution in [0, 0.1) is 5.82 Å². The van der Waals surface area contributed by atoms with Crippen LogP contribution in [0.15, 0.2) is 35.7 Å². The van der Waals surface area contributed by atoms with Gasteiger partial charge in [0, 0.05) is 6.92 Å². The zero-order valence-electron chi connectivity index (χ0n) is 10.3. The minimum Gasteiger partial charge on any atom is -0.334 e. The largest absolute Gasteiger partial charge is 0.334 e. The summed E-state index contributed by atoms with van der Waals surface area (Å²) in [6, 6.07) is 3.48. The number of benzene rings is 1. The molecule has 0 unspecified atom stereocenters. The Morgan fingerprint density at radius 2 is 2.15 bits per heavy atom. The number of sulfonamides is 1. The molecule has 7 nitrogen and oxygen atoms in total. The van der Waals surface area contributed by atoms with Crippen LogP contribution in [0.4, 0.5) is 15.8 Å². The lowest BCUT2D eigenvalue weighted by Gasteiger charge is -2.09. The van der Waals surface area contributed by atoms with Crippen molar-refractivity contribution in [3.63, 3.8) is 0 Å². The molecule has 2 aromatic rings. The van der Waals surface area contributed by atoms with Crippen LogP contribution in [0.1, 0.15) is 6.92 Å². The van der Waals surface area contributed by atoms with Gasteiger partial charge in [0.05, 0.1) is 23.9 Å². The molecule has 0 bridgehead atoms. The van der Waals surface area contributed by atoms with E-state index in [1.165, 1.54) is 25.4 Å². The van der Waals surface area contributed by atoms with Crippen molar-refractivity contribution >= 4 is 27.3 Å². The monoisotopic (exact) mass is 298 g/mol. The molecule has 0 aliphatic heterocycles. The molecule has 9 heteroatoms. The van der Waals surface area contributed by atoms with Crippen LogP contribution in [-0.4, -0.2) is 24.3 Å². The fourth-order valence-electron chi connectivity index (χ4n) is 1.47. The van der Waals surface area contributed by atoms with Gasteiger partial charge < -0.3 is 10.3 Å². The minimum atomic E-state index is -3.83. The van der Waals surface area contributed by atoms with Gasteiger partial charge >= 0.3 is 0 Å². The number of imidazole rings is 1. The zero-order chi connectivity index (χ0) is 14.8. The average Bonchev–Trinajstić information content (AvgIpc) is 2.87. The molecule has 1 heterocycles. The van der Waals surface area contributed by atoms with Gasteiger partial charge in [0.15, 0.2) is 5.03 Å². The summed E-state index contributed by atoms with van der Waals surface area (Å²) in [6.45, 7) is 1.22. The molecule has 20 heavy (non-hydrogen) atoms. The lowest BCUT2D eigenvalue weighted by molar-refractivity contribution is -0.114. The average molecular weight is 298 g/mol. The Labute approximate surface area is 114 Å². The third kappa shape index (κ3) is 3.12. The molecule has 3 N–H and O–H groups in total. The lowest BCUT2D eigenvalue weighted by atomic mass is 10.2. The van der Waals surface area contributed by atoms with Crippen LogP contribution in [0.2, 0.25) is 0 Å². The summed E-state index contributed by atoms with van der Waals surface area (Å²) in [7, 11) is -3.83. The van der Waals surface area contributed by atoms with E-state index in [9.17, 15) is 17.6 Å². The van der Waals surface area contributed by atoms with Crippen molar-refractivity contribution in [2.45, 2.75) is 11.9 Å². The SMILES string of the molecule is CC(=O)Nc1cc(NS(=O)(=O)c2cnc[nH]2)ccc1F. The highest BCUT2D eigenvalue weighted by atomic mass is 32.2. The second-order valence-electron chi connectivity index (χ2n) is 3.90. The summed E-state index contributed by atoms with van der Waals surface area (Å²) in [4.78, 5) is 17.0. The zero-order valence-corrected chi connectivity index (χ0v) is 11.2. The number of aromatic amines is 1. The molecule has 0 aliphatic carbocycles. The first kappa shape index (κ1) is 14.0. The maximum Gasteiger partial charge on any atom is 0.278 e. The number of H-pyrrole nitrogens is 1. The van der Waals surface area contributed by atoms with Gasteiger partial charge in [-0.3, -0.25) is 9.52 Å². The number of aromatic nitrogens is 2. The lowest BCUT2D eigenvalue weighted by Crippen LogP contribution is -2.14. The molecule has 0 atom stereocenters. The van der Waals surface area contributed by atoms with Crippen LogP contribution < -0.4 is 10.0 Å². The fraction of sp³-hybridized carbons (Fsp3) is 0.0909. The highest BCUT2D eigenvalue weighted by Gasteiger charge is 2.16. The van der Waals surface area contributed by atoms with Crippen molar-refractivity contribution in [2.75, 3.05) is 10.0 Å². The van der Waals surface area contributed by atoms with Crippen LogP contribution in [0.3, 0.4) is 0 Å². The van der Waals surface area contributed by atoms with E-state index in [-0.39, 0.29) is 16.4 Å². The first-order chi connectivity index (χ1) is 9.38. The number of halogens is 1. The standard InChI is InChI=1S/C11H11FN4O3S/c1-7(17)15-10-4-8(2-3-9(10)12)16-20(18,19)11-5-13-6-14-11/h2-6,16H,1H3,(H,13,14)(H,15,17). The van der Waals surface area contributed by atoms with Gasteiger partial charge in [-0.25, -0.2) is 9.37 Å². The molecule has 0 radical (unpaired) electrons. The molecule has 0 spiro atoms. The van der Waals surface area contributed by atoms with E-state index in [1.807, 2.05) is 0 Å². The van der Waals surface area contributed by atoms with E-state index in [0.29, 0.717) is 0 Å². The summed E-state index contributed by atoms with van der Waals surface area (Å²) in [5.41, 5.74) is 0.00654. The van der Waals surface area contributed by atoms with E-state index in [4.69, 9.17) is 0 Å². The Kier molecular flexibility index (Phi) is 3.70. The Hall–Kier alpha value is -2.42. The number of nitrogens with zero attached hydrogens (tertiary/aromatic N) is 1. The molecule has 0 aliphatic rings. The predicted octanol–water partition coefficient (Wildman–Crippen LogP) is 1.31. The molecule has 1 aromatic carbocycles. The number of amides is 1. The quantitative estimate of drug-likeness (QED) is 0.791. The molecule has 2 rings (SSSR count). The van der Waals surface area contributed by atoms with Gasteiger partial charge in [-0.1, -0.05) is 0 Å². The van der Waals surface area contributed by atoms with E-state index in [2.05, 4.69) is 20.0 Å². The molecule has 1 aromatic heterocycles. The number of hydrogen-bond acceptors (Lipinski definition) is 4. The van der Waals surface area contributed by atoms with Gasteiger partial charge in [0.1, 0.15) is 5.82 Å². The summed E-state index contributed by atoms with van der Waals surface area (Å²) in [5.74, 6) is -1.12. The molecule has 0 fully saturated rings. The smallest absolute Gasteiger partial charge is 0.278 e. The van der Waals surface area contributed by atoms with Crippen molar-refractivity contribution in [3.8, 4) is 0 Å². The second-order valence-corrected chi connectivity index (χ2v) is 5.55. The normalized spacial score (nSPS) is 11.1. The van der Waals surface area contributed by atoms with Crippen LogP contribution in [-0.2, 0) is 14.8 Å². The van der Waals surface area contributed by atoms with Gasteiger partial charge in [0.2, 0.25) is 5.91 Å². The minimum absolute atomic E-state index is 0.109. The molecule has 1 amide bonds. The van der Waals surface area contributed by atoms with E-state index in [0.717, 1.165) is 12.3 Å². The van der Waals surface area contributed by atoms with Gasteiger partial charge in [0.25, 0.3) is 10.0 Å². The summed E-state index contributed by atoms with van der Waals surface area (Å²) in [5, 5.41) is 2.14. The third-order valence-corrected chi connectivity index (χ3v) is 3.60. The van der Waals surface area contributed by atoms with E-state index >= 15 is 0 Å². The Morgan fingerprint density at radius 1 is 1.40 bits per heavy atom. The van der Waals surface area contributed by atoms with Gasteiger partial charge in [-0.15, -0.1) is 0 Å². The number of rotatable bonds is 4. The number of hydrogen-bond donors (Lipinski definition) is 3. The Balaban J connectivity index is 2.28. The van der Waals surface area contributed by atoms with E-state index < -0.39 is 21.7 Å². The van der Waals surface area contributed by atoms with Crippen LogP contribution in [0.25, 0.3) is 0 Å². The first-order valence-electron chi connectivity index (χ1n) is 5.47. The maximum atomic E-state index is 13.4. The van der Waals surface area contributed by atoms with Crippen molar-refractivity contribution in [1.82, 2.24) is 9.97 Å². The number of carbonyl (C=O) groups excluding carboxylic acids is 1. The molecule has 0 saturated heterocycles. The third-order valence-electron chi connectivity index (χ3n) is 2.29. The van der Waals surface area contributed by atoms with Crippen LogP contribution in [0.5, 0.6) is 0 Å². The second kappa shape index (κ2) is 5.29. The van der Waals surface area contributed by atoms with Crippen molar-refractivity contribution in [3.05, 3.63) is 36.5 Å². The van der Waals surface area contributed by atoms with Gasteiger partial charge in [-0.05, 0) is 18.2 Å². The van der Waals surface area contributed by atoms with Crippen molar-refractivity contribution in [1.29, 1.82) is 0 Å². The number of carbonyl (C=O) groups is 1. The molecular formula is C11H11FN4O3S. The predicted molar refractivity (Wildman–Crippen MR) is 70.1 cm³/mol. The highest BCUT2D eigenvalue weighted by Crippen LogP contribution is 2.21. The van der Waals surface area contributed by atoms with Crippen molar-refractivity contribution in [2.24, 2.45) is 0 Å². The Bertz CT molecular complexity index is 728. The highest BCUT2D eigenvalue weighted by molar-refractivity contribution is 7.92. The van der Waals surface area contributed by atoms with E-state index in [1.54, 1.807) is 0 Å². The van der Waals surface area contributed by atoms with Gasteiger partial charge in [-0.2, -0.15) is 8.42 Å². The Morgan fingerprint density at radius 3 is 2.75 bits per heavy atom. The number of anilines is 2. The molecule has 0 saturated carbocycles. The summed E-state index contributed by atoms with van der Waals surface area (Å²) < 4.78 is 39.5. The number of nitrogens with one attached hydrogen (secondary N) is 3.